The minimum Gasteiger partial charge on any atom is -0.486 e. The molecule has 8 heteroatoms. The zero-order valence-corrected chi connectivity index (χ0v) is 18.4. The molecule has 1 atom stereocenters. The Labute approximate surface area is 187 Å². The predicted octanol–water partition coefficient (Wildman–Crippen LogP) is 3.15. The zero-order chi connectivity index (χ0) is 22.6. The Kier molecular flexibility index (Phi) is 6.32. The van der Waals surface area contributed by atoms with Crippen molar-refractivity contribution in [3.63, 3.8) is 0 Å². The lowest BCUT2D eigenvalue weighted by molar-refractivity contribution is -0.120. The number of carbonyl (C=O) groups excluding carboxylic acids is 1. The van der Waals surface area contributed by atoms with Crippen LogP contribution in [-0.4, -0.2) is 40.1 Å². The van der Waals surface area contributed by atoms with Crippen LogP contribution in [-0.2, 0) is 14.8 Å². The molecule has 1 heterocycles. The van der Waals surface area contributed by atoms with Crippen LogP contribution in [0.5, 0.6) is 11.5 Å². The Bertz CT molecular complexity index is 1180. The molecule has 0 saturated heterocycles. The highest BCUT2D eigenvalue weighted by atomic mass is 32.2. The molecular weight excluding hydrogens is 428 g/mol. The van der Waals surface area contributed by atoms with Crippen molar-refractivity contribution < 1.29 is 22.7 Å². The smallest absolute Gasteiger partial charge is 0.264 e. The minimum absolute atomic E-state index is 0.125. The number of carbonyl (C=O) groups is 1. The number of nitrogens with one attached hydrogen (secondary N) is 1. The summed E-state index contributed by atoms with van der Waals surface area (Å²) in [5, 5.41) is 2.77. The third kappa shape index (κ3) is 4.86. The first-order valence-electron chi connectivity index (χ1n) is 10.2. The summed E-state index contributed by atoms with van der Waals surface area (Å²) < 4.78 is 39.3. The van der Waals surface area contributed by atoms with E-state index in [0.29, 0.717) is 23.8 Å². The van der Waals surface area contributed by atoms with Gasteiger partial charge in [-0.2, -0.15) is 0 Å². The maximum atomic E-state index is 13.3. The molecule has 0 aliphatic carbocycles. The van der Waals surface area contributed by atoms with E-state index < -0.39 is 15.9 Å². The van der Waals surface area contributed by atoms with Crippen molar-refractivity contribution in [1.82, 2.24) is 5.32 Å². The first kappa shape index (κ1) is 21.7. The van der Waals surface area contributed by atoms with Gasteiger partial charge in [-0.05, 0) is 43.3 Å². The van der Waals surface area contributed by atoms with Crippen LogP contribution in [0.4, 0.5) is 5.69 Å². The van der Waals surface area contributed by atoms with Gasteiger partial charge in [0.2, 0.25) is 5.91 Å². The molecule has 0 unspecified atom stereocenters. The van der Waals surface area contributed by atoms with E-state index in [1.54, 1.807) is 60.7 Å². The first-order valence-corrected chi connectivity index (χ1v) is 11.7. The number of amides is 1. The third-order valence-corrected chi connectivity index (χ3v) is 6.82. The van der Waals surface area contributed by atoms with Crippen molar-refractivity contribution in [1.29, 1.82) is 0 Å². The van der Waals surface area contributed by atoms with Crippen LogP contribution in [0.3, 0.4) is 0 Å². The van der Waals surface area contributed by atoms with E-state index in [1.807, 2.05) is 25.1 Å². The number of aryl methyl sites for hydroxylation is 1. The Balaban J connectivity index is 1.47. The van der Waals surface area contributed by atoms with Crippen LogP contribution in [0.1, 0.15) is 5.56 Å². The predicted molar refractivity (Wildman–Crippen MR) is 122 cm³/mol. The second kappa shape index (κ2) is 9.32. The fraction of sp³-hybridized carbons (Fsp3) is 0.208. The SMILES string of the molecule is Cc1ccc(S(=O)(=O)N(CC(=O)NC[C@H]2COc3ccccc3O2)c2ccccc2)cc1. The van der Waals surface area contributed by atoms with E-state index in [9.17, 15) is 13.2 Å². The quantitative estimate of drug-likeness (QED) is 0.595. The van der Waals surface area contributed by atoms with Crippen molar-refractivity contribution in [3.05, 3.63) is 84.4 Å². The Hall–Kier alpha value is -3.52. The van der Waals surface area contributed by atoms with Gasteiger partial charge in [-0.25, -0.2) is 8.42 Å². The summed E-state index contributed by atoms with van der Waals surface area (Å²) >= 11 is 0. The first-order chi connectivity index (χ1) is 15.4. The number of fused-ring (bicyclic) bond motifs is 1. The summed E-state index contributed by atoms with van der Waals surface area (Å²) in [6.45, 7) is 2.01. The summed E-state index contributed by atoms with van der Waals surface area (Å²) in [7, 11) is -3.93. The lowest BCUT2D eigenvalue weighted by atomic mass is 10.2. The van der Waals surface area contributed by atoms with Crippen LogP contribution in [0.2, 0.25) is 0 Å². The van der Waals surface area contributed by atoms with Gasteiger partial charge in [0.25, 0.3) is 10.0 Å². The van der Waals surface area contributed by atoms with Gasteiger partial charge in [-0.15, -0.1) is 0 Å². The number of hydrogen-bond acceptors (Lipinski definition) is 5. The van der Waals surface area contributed by atoms with Crippen LogP contribution in [0, 0.1) is 6.92 Å². The Morgan fingerprint density at radius 2 is 1.62 bits per heavy atom. The van der Waals surface area contributed by atoms with Crippen molar-refractivity contribution in [2.75, 3.05) is 24.0 Å². The highest BCUT2D eigenvalue weighted by Gasteiger charge is 2.28. The average molecular weight is 453 g/mol. The number of benzene rings is 3. The molecule has 0 fully saturated rings. The summed E-state index contributed by atoms with van der Waals surface area (Å²) in [6, 6.07) is 22.4. The number of para-hydroxylation sites is 3. The molecular formula is C24H24N2O5S. The van der Waals surface area contributed by atoms with E-state index in [1.165, 1.54) is 0 Å². The topological polar surface area (TPSA) is 84.9 Å². The number of hydrogen-bond donors (Lipinski definition) is 1. The molecule has 3 aromatic rings. The fourth-order valence-corrected chi connectivity index (χ4v) is 4.75. The highest BCUT2D eigenvalue weighted by molar-refractivity contribution is 7.92. The van der Waals surface area contributed by atoms with Gasteiger partial charge in [0.1, 0.15) is 19.3 Å². The van der Waals surface area contributed by atoms with Gasteiger partial charge < -0.3 is 14.8 Å². The van der Waals surface area contributed by atoms with E-state index in [0.717, 1.165) is 9.87 Å². The third-order valence-electron chi connectivity index (χ3n) is 5.03. The molecule has 166 valence electrons. The molecule has 3 aromatic carbocycles. The molecule has 7 nitrogen and oxygen atoms in total. The maximum Gasteiger partial charge on any atom is 0.264 e. The number of nitrogens with zero attached hydrogens (tertiary/aromatic N) is 1. The summed E-state index contributed by atoms with van der Waals surface area (Å²) in [5.74, 6) is 0.840. The van der Waals surface area contributed by atoms with E-state index in [-0.39, 0.29) is 24.1 Å². The highest BCUT2D eigenvalue weighted by Crippen LogP contribution is 2.30. The monoisotopic (exact) mass is 452 g/mol. The lowest BCUT2D eigenvalue weighted by Gasteiger charge is -2.27. The van der Waals surface area contributed by atoms with Crippen molar-refractivity contribution >= 4 is 21.6 Å². The van der Waals surface area contributed by atoms with E-state index >= 15 is 0 Å². The van der Waals surface area contributed by atoms with Crippen molar-refractivity contribution in [2.24, 2.45) is 0 Å². The molecule has 0 radical (unpaired) electrons. The molecule has 1 amide bonds. The van der Waals surface area contributed by atoms with Crippen LogP contribution >= 0.6 is 0 Å². The Morgan fingerprint density at radius 3 is 2.34 bits per heavy atom. The van der Waals surface area contributed by atoms with Gasteiger partial charge in [-0.1, -0.05) is 48.0 Å². The Morgan fingerprint density at radius 1 is 0.969 bits per heavy atom. The summed E-state index contributed by atoms with van der Waals surface area (Å²) in [4.78, 5) is 12.9. The molecule has 0 spiro atoms. The summed E-state index contributed by atoms with van der Waals surface area (Å²) in [6.07, 6.45) is -0.368. The molecule has 1 aliphatic heterocycles. The van der Waals surface area contributed by atoms with E-state index in [4.69, 9.17) is 9.47 Å². The van der Waals surface area contributed by atoms with Gasteiger partial charge in [0, 0.05) is 0 Å². The standard InChI is InChI=1S/C24H24N2O5S/c1-18-11-13-21(14-12-18)32(28,29)26(19-7-3-2-4-8-19)16-24(27)25-15-20-17-30-22-9-5-6-10-23(22)31-20/h2-14,20H,15-17H2,1H3,(H,25,27)/t20-/m0/s1. The van der Waals surface area contributed by atoms with Gasteiger partial charge in [0.15, 0.2) is 11.5 Å². The average Bonchev–Trinajstić information content (AvgIpc) is 2.82. The van der Waals surface area contributed by atoms with Gasteiger partial charge >= 0.3 is 0 Å². The van der Waals surface area contributed by atoms with Gasteiger partial charge in [0.05, 0.1) is 17.1 Å². The van der Waals surface area contributed by atoms with Crippen LogP contribution in [0.15, 0.2) is 83.8 Å². The number of sulfonamides is 1. The molecule has 0 saturated carbocycles. The van der Waals surface area contributed by atoms with Crippen molar-refractivity contribution in [3.8, 4) is 11.5 Å². The fourth-order valence-electron chi connectivity index (χ4n) is 3.32. The zero-order valence-electron chi connectivity index (χ0n) is 17.6. The molecule has 4 rings (SSSR count). The lowest BCUT2D eigenvalue weighted by Crippen LogP contribution is -2.45. The second-order valence-electron chi connectivity index (χ2n) is 7.46. The maximum absolute atomic E-state index is 13.3. The molecule has 1 N–H and O–H groups in total. The molecule has 32 heavy (non-hydrogen) atoms. The number of rotatable bonds is 7. The number of anilines is 1. The normalized spacial score (nSPS) is 15.1. The largest absolute Gasteiger partial charge is 0.486 e. The van der Waals surface area contributed by atoms with E-state index in [2.05, 4.69) is 5.32 Å². The molecule has 0 bridgehead atoms. The minimum atomic E-state index is -3.93. The van der Waals surface area contributed by atoms with Gasteiger partial charge in [-0.3, -0.25) is 9.10 Å². The second-order valence-corrected chi connectivity index (χ2v) is 9.32. The van der Waals surface area contributed by atoms with Crippen molar-refractivity contribution in [2.45, 2.75) is 17.9 Å². The molecule has 1 aliphatic rings. The van der Waals surface area contributed by atoms with Crippen LogP contribution in [0.25, 0.3) is 0 Å². The van der Waals surface area contributed by atoms with Crippen LogP contribution < -0.4 is 19.1 Å². The number of ether oxygens (including phenoxy) is 2. The molecule has 0 aromatic heterocycles. The summed E-state index contributed by atoms with van der Waals surface area (Å²) in [5.41, 5.74) is 1.36.